The zero-order valence-electron chi connectivity index (χ0n) is 14.6. The zero-order chi connectivity index (χ0) is 17.8. The normalized spacial score (nSPS) is 17.5. The summed E-state index contributed by atoms with van der Waals surface area (Å²) in [5.74, 6) is 0.410. The van der Waals surface area contributed by atoms with Crippen molar-refractivity contribution in [1.82, 2.24) is 10.2 Å². The summed E-state index contributed by atoms with van der Waals surface area (Å²) < 4.78 is 18.9. The molecule has 0 spiro atoms. The number of benzene rings is 2. The van der Waals surface area contributed by atoms with Gasteiger partial charge in [-0.3, -0.25) is 9.69 Å². The molecule has 2 aromatic carbocycles. The summed E-state index contributed by atoms with van der Waals surface area (Å²) in [5.41, 5.74) is 2.88. The Morgan fingerprint density at radius 3 is 2.72 bits per heavy atom. The first-order valence-electron chi connectivity index (χ1n) is 8.47. The molecule has 5 heteroatoms. The number of nitrogens with one attached hydrogen (secondary N) is 1. The molecule has 0 saturated carbocycles. The van der Waals surface area contributed by atoms with E-state index in [1.54, 1.807) is 20.1 Å². The topological polar surface area (TPSA) is 41.6 Å². The molecule has 4 nitrogen and oxygen atoms in total. The Morgan fingerprint density at radius 1 is 1.28 bits per heavy atom. The summed E-state index contributed by atoms with van der Waals surface area (Å²) in [4.78, 5) is 13.5. The lowest BCUT2D eigenvalue weighted by molar-refractivity contribution is -0.119. The maximum Gasteiger partial charge on any atom is 0.217 e. The molecule has 3 rings (SSSR count). The van der Waals surface area contributed by atoms with E-state index in [1.165, 1.54) is 17.7 Å². The summed E-state index contributed by atoms with van der Waals surface area (Å²) in [6, 6.07) is 12.9. The number of hydrogen-bond acceptors (Lipinski definition) is 3. The molecule has 1 aliphatic rings. The number of likely N-dealkylation sites (tertiary alicyclic amines) is 1. The molecule has 0 bridgehead atoms. The van der Waals surface area contributed by atoms with Gasteiger partial charge in [0.15, 0.2) is 0 Å². The maximum absolute atomic E-state index is 13.6. The minimum Gasteiger partial charge on any atom is -0.496 e. The van der Waals surface area contributed by atoms with Crippen LogP contribution in [0.25, 0.3) is 11.1 Å². The average Bonchev–Trinajstić information content (AvgIpc) is 3.01. The van der Waals surface area contributed by atoms with Gasteiger partial charge in [0.2, 0.25) is 5.91 Å². The molecule has 0 aliphatic carbocycles. The van der Waals surface area contributed by atoms with Crippen LogP contribution in [-0.2, 0) is 11.3 Å². The molecule has 1 unspecified atom stereocenters. The van der Waals surface area contributed by atoms with Crippen LogP contribution in [0.3, 0.4) is 0 Å². The molecule has 1 N–H and O–H groups in total. The van der Waals surface area contributed by atoms with Crippen molar-refractivity contribution >= 4 is 5.91 Å². The molecule has 1 aliphatic heterocycles. The summed E-state index contributed by atoms with van der Waals surface area (Å²) in [6.07, 6.45) is 0.984. The fourth-order valence-electron chi connectivity index (χ4n) is 3.34. The maximum atomic E-state index is 13.6. The molecular formula is C20H23FN2O2. The van der Waals surface area contributed by atoms with Gasteiger partial charge in [0, 0.05) is 38.2 Å². The van der Waals surface area contributed by atoms with Gasteiger partial charge in [-0.2, -0.15) is 0 Å². The number of methoxy groups -OCH3 is 1. The van der Waals surface area contributed by atoms with Gasteiger partial charge in [0.05, 0.1) is 7.11 Å². The Morgan fingerprint density at radius 2 is 2.04 bits per heavy atom. The first-order chi connectivity index (χ1) is 12.0. The first-order valence-corrected chi connectivity index (χ1v) is 8.47. The summed E-state index contributed by atoms with van der Waals surface area (Å²) in [7, 11) is 1.59. The summed E-state index contributed by atoms with van der Waals surface area (Å²) in [5, 5.41) is 2.98. The van der Waals surface area contributed by atoms with Crippen LogP contribution >= 0.6 is 0 Å². The lowest BCUT2D eigenvalue weighted by Crippen LogP contribution is -2.35. The van der Waals surface area contributed by atoms with E-state index < -0.39 is 0 Å². The zero-order valence-corrected chi connectivity index (χ0v) is 14.6. The van der Waals surface area contributed by atoms with Gasteiger partial charge in [-0.15, -0.1) is 0 Å². The molecule has 0 radical (unpaired) electrons. The van der Waals surface area contributed by atoms with Gasteiger partial charge in [0.25, 0.3) is 0 Å². The van der Waals surface area contributed by atoms with Crippen molar-refractivity contribution in [3.05, 3.63) is 53.8 Å². The number of ether oxygens (including phenoxy) is 1. The van der Waals surface area contributed by atoms with Gasteiger partial charge in [-0.1, -0.05) is 24.3 Å². The lowest BCUT2D eigenvalue weighted by atomic mass is 10.0. The van der Waals surface area contributed by atoms with Crippen LogP contribution in [0.1, 0.15) is 18.9 Å². The Kier molecular flexibility index (Phi) is 5.34. The Labute approximate surface area is 147 Å². The van der Waals surface area contributed by atoms with Crippen LogP contribution < -0.4 is 10.1 Å². The van der Waals surface area contributed by atoms with E-state index in [0.717, 1.165) is 37.2 Å². The molecule has 2 aromatic rings. The average molecular weight is 342 g/mol. The smallest absolute Gasteiger partial charge is 0.217 e. The highest BCUT2D eigenvalue weighted by Crippen LogP contribution is 2.31. The minimum atomic E-state index is -0.277. The third kappa shape index (κ3) is 4.37. The van der Waals surface area contributed by atoms with E-state index >= 15 is 0 Å². The van der Waals surface area contributed by atoms with Crippen molar-refractivity contribution in [2.24, 2.45) is 0 Å². The second-order valence-corrected chi connectivity index (χ2v) is 6.46. The van der Waals surface area contributed by atoms with Crippen LogP contribution in [0.15, 0.2) is 42.5 Å². The van der Waals surface area contributed by atoms with Crippen molar-refractivity contribution in [3.8, 4) is 16.9 Å². The van der Waals surface area contributed by atoms with Crippen molar-refractivity contribution in [2.45, 2.75) is 25.9 Å². The Balaban J connectivity index is 1.67. The fraction of sp³-hybridized carbons (Fsp3) is 0.350. The molecule has 1 fully saturated rings. The fourth-order valence-corrected chi connectivity index (χ4v) is 3.34. The number of carbonyl (C=O) groups is 1. The SMILES string of the molecule is COc1ccc(F)cc1-c1ccc(CN2CCC(NC(C)=O)C2)cc1. The van der Waals surface area contributed by atoms with Gasteiger partial charge < -0.3 is 10.1 Å². The van der Waals surface area contributed by atoms with Crippen LogP contribution in [-0.4, -0.2) is 37.0 Å². The van der Waals surface area contributed by atoms with Crippen LogP contribution in [0, 0.1) is 5.82 Å². The number of halogens is 1. The van der Waals surface area contributed by atoms with E-state index in [2.05, 4.69) is 22.3 Å². The number of amides is 1. The van der Waals surface area contributed by atoms with Crippen LogP contribution in [0.5, 0.6) is 5.75 Å². The largest absolute Gasteiger partial charge is 0.496 e. The molecule has 1 atom stereocenters. The van der Waals surface area contributed by atoms with Gasteiger partial charge in [-0.25, -0.2) is 4.39 Å². The predicted octanol–water partition coefficient (Wildman–Crippen LogP) is 3.21. The number of carbonyl (C=O) groups excluding carboxylic acids is 1. The van der Waals surface area contributed by atoms with Crippen LogP contribution in [0.2, 0.25) is 0 Å². The molecule has 1 saturated heterocycles. The third-order valence-corrected chi connectivity index (χ3v) is 4.51. The quantitative estimate of drug-likeness (QED) is 0.907. The number of nitrogens with zero attached hydrogens (tertiary/aromatic N) is 1. The third-order valence-electron chi connectivity index (χ3n) is 4.51. The first kappa shape index (κ1) is 17.4. The van der Waals surface area contributed by atoms with Crippen molar-refractivity contribution in [1.29, 1.82) is 0 Å². The van der Waals surface area contributed by atoms with Crippen molar-refractivity contribution in [3.63, 3.8) is 0 Å². The highest BCUT2D eigenvalue weighted by molar-refractivity contribution is 5.73. The van der Waals surface area contributed by atoms with Crippen molar-refractivity contribution < 1.29 is 13.9 Å². The van der Waals surface area contributed by atoms with E-state index in [9.17, 15) is 9.18 Å². The molecule has 1 heterocycles. The van der Waals surface area contributed by atoms with Crippen LogP contribution in [0.4, 0.5) is 4.39 Å². The molecule has 25 heavy (non-hydrogen) atoms. The Bertz CT molecular complexity index is 746. The summed E-state index contributed by atoms with van der Waals surface area (Å²) >= 11 is 0. The second-order valence-electron chi connectivity index (χ2n) is 6.46. The molecular weight excluding hydrogens is 319 g/mol. The van der Waals surface area contributed by atoms with Crippen molar-refractivity contribution in [2.75, 3.05) is 20.2 Å². The number of hydrogen-bond donors (Lipinski definition) is 1. The molecule has 1 amide bonds. The highest BCUT2D eigenvalue weighted by Gasteiger charge is 2.22. The minimum absolute atomic E-state index is 0.0280. The van der Waals surface area contributed by atoms with E-state index in [0.29, 0.717) is 5.75 Å². The second kappa shape index (κ2) is 7.66. The Hall–Kier alpha value is -2.40. The molecule has 132 valence electrons. The summed E-state index contributed by atoms with van der Waals surface area (Å²) in [6.45, 7) is 4.25. The molecule has 0 aromatic heterocycles. The standard InChI is InChI=1S/C20H23FN2O2/c1-14(24)22-18-9-10-23(13-18)12-15-3-5-16(6-4-15)19-11-17(21)7-8-20(19)25-2/h3-8,11,18H,9-10,12-13H2,1-2H3,(H,22,24). The van der Waals surface area contributed by atoms with Gasteiger partial charge in [-0.05, 0) is 35.7 Å². The predicted molar refractivity (Wildman–Crippen MR) is 95.9 cm³/mol. The van der Waals surface area contributed by atoms with E-state index in [-0.39, 0.29) is 17.8 Å². The van der Waals surface area contributed by atoms with Gasteiger partial charge in [0.1, 0.15) is 11.6 Å². The number of rotatable bonds is 5. The lowest BCUT2D eigenvalue weighted by Gasteiger charge is -2.17. The van der Waals surface area contributed by atoms with E-state index in [1.807, 2.05) is 12.1 Å². The van der Waals surface area contributed by atoms with Gasteiger partial charge >= 0.3 is 0 Å². The highest BCUT2D eigenvalue weighted by atomic mass is 19.1. The monoisotopic (exact) mass is 342 g/mol. The van der Waals surface area contributed by atoms with E-state index in [4.69, 9.17) is 4.74 Å².